The number of nitrogens with one attached hydrogen (secondary N) is 1. The largest absolute Gasteiger partial charge is 0.367 e. The summed E-state index contributed by atoms with van der Waals surface area (Å²) < 4.78 is 14.5. The predicted molar refractivity (Wildman–Crippen MR) is 120 cm³/mol. The number of hydrogen-bond acceptors (Lipinski definition) is 5. The second-order valence-electron chi connectivity index (χ2n) is 7.53. The second-order valence-corrected chi connectivity index (χ2v) is 7.97. The van der Waals surface area contributed by atoms with Gasteiger partial charge in [0.05, 0.1) is 10.7 Å². The van der Waals surface area contributed by atoms with Gasteiger partial charge in [-0.15, -0.1) is 0 Å². The van der Waals surface area contributed by atoms with Gasteiger partial charge in [0, 0.05) is 44.6 Å². The van der Waals surface area contributed by atoms with Crippen molar-refractivity contribution in [2.24, 2.45) is 0 Å². The Hall–Kier alpha value is -2.25. The van der Waals surface area contributed by atoms with E-state index in [1.807, 2.05) is 24.0 Å². The van der Waals surface area contributed by atoms with E-state index in [-0.39, 0.29) is 5.69 Å². The first-order chi connectivity index (χ1) is 14.3. The summed E-state index contributed by atoms with van der Waals surface area (Å²) in [5.41, 5.74) is 1.51. The first kappa shape index (κ1) is 24.0. The molecule has 2 rings (SSSR count). The van der Waals surface area contributed by atoms with Crippen molar-refractivity contribution in [3.63, 3.8) is 0 Å². The lowest BCUT2D eigenvalue weighted by Crippen LogP contribution is -2.38. The van der Waals surface area contributed by atoms with E-state index in [1.165, 1.54) is 7.05 Å². The quantitative estimate of drug-likeness (QED) is 0.572. The summed E-state index contributed by atoms with van der Waals surface area (Å²) in [5, 5.41) is 3.09. The van der Waals surface area contributed by atoms with Crippen molar-refractivity contribution in [1.82, 2.24) is 20.2 Å². The molecule has 0 aromatic carbocycles. The fourth-order valence-corrected chi connectivity index (χ4v) is 3.47. The van der Waals surface area contributed by atoms with Crippen LogP contribution in [0.5, 0.6) is 0 Å². The zero-order valence-corrected chi connectivity index (χ0v) is 19.1. The highest BCUT2D eigenvalue weighted by Crippen LogP contribution is 2.22. The van der Waals surface area contributed by atoms with Crippen molar-refractivity contribution in [2.75, 3.05) is 38.6 Å². The first-order valence-electron chi connectivity index (χ1n) is 10.2. The van der Waals surface area contributed by atoms with Gasteiger partial charge >= 0.3 is 0 Å². The molecule has 1 N–H and O–H groups in total. The average Bonchev–Trinajstić information content (AvgIpc) is 2.74. The number of hydrogen-bond donors (Lipinski definition) is 1. The zero-order valence-electron chi connectivity index (χ0n) is 18.3. The molecule has 164 valence electrons. The number of amides is 1. The standard InChI is InChI=1S/C22H31ClFN5O/c1-6-29(20-10-9-19(22(30)25-4)27-21(20)24)12-11-28(5)16(3)13-15(2)18-8-7-17(23)14-26-18/h7-10,14-16H,6,11-13H2,1-5H3,(H,25,30). The lowest BCUT2D eigenvalue weighted by molar-refractivity contribution is 0.0957. The minimum Gasteiger partial charge on any atom is -0.367 e. The van der Waals surface area contributed by atoms with Gasteiger partial charge in [-0.2, -0.15) is 4.39 Å². The maximum Gasteiger partial charge on any atom is 0.269 e. The normalized spacial score (nSPS) is 13.2. The van der Waals surface area contributed by atoms with Crippen LogP contribution in [0.1, 0.15) is 49.3 Å². The number of nitrogens with zero attached hydrogens (tertiary/aromatic N) is 4. The topological polar surface area (TPSA) is 61.4 Å². The van der Waals surface area contributed by atoms with Crippen LogP contribution in [-0.4, -0.2) is 60.5 Å². The van der Waals surface area contributed by atoms with Gasteiger partial charge in [0.1, 0.15) is 5.69 Å². The lowest BCUT2D eigenvalue weighted by atomic mass is 9.98. The van der Waals surface area contributed by atoms with Crippen LogP contribution in [-0.2, 0) is 0 Å². The van der Waals surface area contributed by atoms with Crippen molar-refractivity contribution in [3.05, 3.63) is 52.8 Å². The SMILES string of the molecule is CCN(CCN(C)C(C)CC(C)c1ccc(Cl)cn1)c1ccc(C(=O)NC)nc1F. The van der Waals surface area contributed by atoms with E-state index in [4.69, 9.17) is 11.6 Å². The Morgan fingerprint density at radius 1 is 1.23 bits per heavy atom. The molecule has 0 fully saturated rings. The summed E-state index contributed by atoms with van der Waals surface area (Å²) >= 11 is 5.92. The van der Waals surface area contributed by atoms with Crippen molar-refractivity contribution >= 4 is 23.2 Å². The van der Waals surface area contributed by atoms with Crippen LogP contribution in [0, 0.1) is 5.95 Å². The molecule has 2 atom stereocenters. The molecule has 0 saturated heterocycles. The molecular formula is C22H31ClFN5O. The molecule has 2 heterocycles. The van der Waals surface area contributed by atoms with Crippen molar-refractivity contribution in [3.8, 4) is 0 Å². The predicted octanol–water partition coefficient (Wildman–Crippen LogP) is 3.97. The number of carbonyl (C=O) groups excluding carboxylic acids is 1. The molecule has 2 aromatic heterocycles. The van der Waals surface area contributed by atoms with E-state index in [0.29, 0.717) is 35.8 Å². The maximum absolute atomic E-state index is 14.5. The van der Waals surface area contributed by atoms with Crippen LogP contribution >= 0.6 is 11.6 Å². The lowest BCUT2D eigenvalue weighted by Gasteiger charge is -2.30. The second kappa shape index (κ2) is 11.2. The molecule has 2 aromatic rings. The van der Waals surface area contributed by atoms with E-state index < -0.39 is 11.9 Å². The van der Waals surface area contributed by atoms with E-state index in [1.54, 1.807) is 18.3 Å². The highest BCUT2D eigenvalue weighted by molar-refractivity contribution is 6.30. The third-order valence-electron chi connectivity index (χ3n) is 5.44. The molecule has 0 radical (unpaired) electrons. The van der Waals surface area contributed by atoms with Crippen molar-refractivity contribution < 1.29 is 9.18 Å². The number of pyridine rings is 2. The zero-order chi connectivity index (χ0) is 22.3. The first-order valence-corrected chi connectivity index (χ1v) is 10.6. The Morgan fingerprint density at radius 2 is 1.97 bits per heavy atom. The van der Waals surface area contributed by atoms with Crippen LogP contribution in [0.25, 0.3) is 0 Å². The van der Waals surface area contributed by atoms with Gasteiger partial charge in [0.2, 0.25) is 5.95 Å². The number of likely N-dealkylation sites (N-methyl/N-ethyl adjacent to an activating group) is 2. The molecule has 0 aliphatic carbocycles. The summed E-state index contributed by atoms with van der Waals surface area (Å²) in [6.45, 7) is 8.39. The molecule has 6 nitrogen and oxygen atoms in total. The third kappa shape index (κ3) is 6.37. The molecule has 0 aliphatic heterocycles. The van der Waals surface area contributed by atoms with Crippen molar-refractivity contribution in [1.29, 1.82) is 0 Å². The Labute approximate surface area is 183 Å². The smallest absolute Gasteiger partial charge is 0.269 e. The minimum absolute atomic E-state index is 0.0744. The Morgan fingerprint density at radius 3 is 2.53 bits per heavy atom. The van der Waals surface area contributed by atoms with Crippen LogP contribution in [0.15, 0.2) is 30.5 Å². The fourth-order valence-electron chi connectivity index (χ4n) is 3.36. The Balaban J connectivity index is 1.95. The van der Waals surface area contributed by atoms with Gasteiger partial charge < -0.3 is 15.1 Å². The van der Waals surface area contributed by atoms with Crippen LogP contribution in [0.3, 0.4) is 0 Å². The molecular weight excluding hydrogens is 405 g/mol. The molecule has 0 spiro atoms. The molecule has 1 amide bonds. The highest BCUT2D eigenvalue weighted by atomic mass is 35.5. The van der Waals surface area contributed by atoms with Gasteiger partial charge in [-0.3, -0.25) is 9.78 Å². The number of carbonyl (C=O) groups is 1. The van der Waals surface area contributed by atoms with Gasteiger partial charge in [-0.1, -0.05) is 18.5 Å². The highest BCUT2D eigenvalue weighted by Gasteiger charge is 2.18. The molecule has 0 saturated carbocycles. The van der Waals surface area contributed by atoms with Crippen molar-refractivity contribution in [2.45, 2.75) is 39.2 Å². The monoisotopic (exact) mass is 435 g/mol. The number of rotatable bonds is 10. The maximum atomic E-state index is 14.5. The van der Waals surface area contributed by atoms with Gasteiger partial charge in [0.15, 0.2) is 0 Å². The average molecular weight is 436 g/mol. The Bertz CT molecular complexity index is 833. The third-order valence-corrected chi connectivity index (χ3v) is 5.66. The summed E-state index contributed by atoms with van der Waals surface area (Å²) in [7, 11) is 3.57. The van der Waals surface area contributed by atoms with E-state index in [2.05, 4.69) is 41.1 Å². The fraction of sp³-hybridized carbons (Fsp3) is 0.500. The van der Waals surface area contributed by atoms with Crippen LogP contribution < -0.4 is 10.2 Å². The van der Waals surface area contributed by atoms with E-state index in [9.17, 15) is 9.18 Å². The molecule has 0 aliphatic rings. The van der Waals surface area contributed by atoms with E-state index >= 15 is 0 Å². The number of anilines is 1. The molecule has 30 heavy (non-hydrogen) atoms. The van der Waals surface area contributed by atoms with Gasteiger partial charge in [-0.05, 0) is 57.5 Å². The summed E-state index contributed by atoms with van der Waals surface area (Å²) in [6.07, 6.45) is 2.63. The molecule has 0 bridgehead atoms. The Kier molecular flexibility index (Phi) is 8.99. The summed E-state index contributed by atoms with van der Waals surface area (Å²) in [4.78, 5) is 24.1. The number of aromatic nitrogens is 2. The molecule has 2 unspecified atom stereocenters. The van der Waals surface area contributed by atoms with Crippen LogP contribution in [0.4, 0.5) is 10.1 Å². The molecule has 8 heteroatoms. The van der Waals surface area contributed by atoms with E-state index in [0.717, 1.165) is 18.7 Å². The summed E-state index contributed by atoms with van der Waals surface area (Å²) in [6, 6.07) is 7.33. The van der Waals surface area contributed by atoms with Crippen LogP contribution in [0.2, 0.25) is 5.02 Å². The minimum atomic E-state index is -0.629. The summed E-state index contributed by atoms with van der Waals surface area (Å²) in [5.74, 6) is -0.724. The number of halogens is 2. The van der Waals surface area contributed by atoms with Gasteiger partial charge in [-0.25, -0.2) is 4.98 Å². The van der Waals surface area contributed by atoms with Gasteiger partial charge in [0.25, 0.3) is 5.91 Å².